The summed E-state index contributed by atoms with van der Waals surface area (Å²) < 4.78 is 5.08. The Bertz CT molecular complexity index is 868. The smallest absolute Gasteiger partial charge is 0.347 e. The van der Waals surface area contributed by atoms with Crippen LogP contribution in [-0.4, -0.2) is 17.4 Å². The molecule has 0 bridgehead atoms. The van der Waals surface area contributed by atoms with E-state index in [1.807, 2.05) is 30.3 Å². The largest absolute Gasteiger partial charge is 0.507 e. The molecule has 0 aliphatic rings. The molecule has 0 aliphatic heterocycles. The van der Waals surface area contributed by atoms with Gasteiger partial charge < -0.3 is 9.84 Å². The molecule has 0 fully saturated rings. The summed E-state index contributed by atoms with van der Waals surface area (Å²) in [6, 6.07) is 22.7. The van der Waals surface area contributed by atoms with Gasteiger partial charge in [0, 0.05) is 5.56 Å². The Labute approximate surface area is 159 Å². The zero-order chi connectivity index (χ0) is 19.6. The van der Waals surface area contributed by atoms with Crippen LogP contribution in [0, 0.1) is 0 Å². The summed E-state index contributed by atoms with van der Waals surface area (Å²) in [5, 5.41) is 9.46. The van der Waals surface area contributed by atoms with Crippen molar-refractivity contribution in [3.63, 3.8) is 0 Å². The molecule has 4 nitrogen and oxygen atoms in total. The number of phenols is 1. The SMILES string of the molecule is CC(C)c1ccc(C=O)cc1.O=C(Oc1ccccc1)c1ccccc1O. The number of esters is 1. The molecule has 1 N–H and O–H groups in total. The highest BCUT2D eigenvalue weighted by atomic mass is 16.5. The summed E-state index contributed by atoms with van der Waals surface area (Å²) in [6.45, 7) is 4.27. The third-order valence-corrected chi connectivity index (χ3v) is 3.82. The van der Waals surface area contributed by atoms with Gasteiger partial charge in [-0.05, 0) is 35.7 Å². The van der Waals surface area contributed by atoms with Crippen molar-refractivity contribution in [1.82, 2.24) is 0 Å². The Morgan fingerprint density at radius 2 is 1.48 bits per heavy atom. The van der Waals surface area contributed by atoms with E-state index in [2.05, 4.69) is 13.8 Å². The second kappa shape index (κ2) is 9.92. The van der Waals surface area contributed by atoms with Crippen molar-refractivity contribution in [2.45, 2.75) is 19.8 Å². The number of hydrogen-bond acceptors (Lipinski definition) is 4. The van der Waals surface area contributed by atoms with Gasteiger partial charge >= 0.3 is 5.97 Å². The van der Waals surface area contributed by atoms with Gasteiger partial charge in [-0.3, -0.25) is 4.79 Å². The topological polar surface area (TPSA) is 63.6 Å². The predicted octanol–water partition coefficient (Wildman–Crippen LogP) is 5.23. The van der Waals surface area contributed by atoms with E-state index in [0.717, 1.165) is 11.8 Å². The lowest BCUT2D eigenvalue weighted by atomic mass is 10.0. The maximum Gasteiger partial charge on any atom is 0.347 e. The summed E-state index contributed by atoms with van der Waals surface area (Å²) in [5.41, 5.74) is 2.18. The van der Waals surface area contributed by atoms with Gasteiger partial charge in [0.25, 0.3) is 0 Å². The van der Waals surface area contributed by atoms with E-state index >= 15 is 0 Å². The lowest BCUT2D eigenvalue weighted by Gasteiger charge is -2.04. The number of para-hydroxylation sites is 2. The fraction of sp³-hybridized carbons (Fsp3) is 0.130. The highest BCUT2D eigenvalue weighted by Gasteiger charge is 2.12. The number of benzene rings is 3. The Hall–Kier alpha value is -3.40. The van der Waals surface area contributed by atoms with Gasteiger partial charge in [0.1, 0.15) is 23.3 Å². The van der Waals surface area contributed by atoms with Gasteiger partial charge in [-0.15, -0.1) is 0 Å². The van der Waals surface area contributed by atoms with Crippen molar-refractivity contribution in [3.05, 3.63) is 95.6 Å². The molecule has 27 heavy (non-hydrogen) atoms. The standard InChI is InChI=1S/C13H10O3.C10H12O/c14-12-9-5-4-8-11(12)13(15)16-10-6-2-1-3-7-10;1-8(2)10-5-3-9(7-11)4-6-10/h1-9,14H;3-8H,1-2H3. The minimum atomic E-state index is -0.565. The first-order valence-electron chi connectivity index (χ1n) is 8.61. The van der Waals surface area contributed by atoms with E-state index in [9.17, 15) is 14.7 Å². The maximum atomic E-state index is 11.7. The highest BCUT2D eigenvalue weighted by molar-refractivity contribution is 5.93. The van der Waals surface area contributed by atoms with Crippen molar-refractivity contribution >= 4 is 12.3 Å². The molecular weight excluding hydrogens is 340 g/mol. The molecule has 0 unspecified atom stereocenters. The number of carbonyl (C=O) groups excluding carboxylic acids is 2. The van der Waals surface area contributed by atoms with Crippen LogP contribution in [0.1, 0.15) is 46.0 Å². The molecule has 0 aliphatic carbocycles. The Morgan fingerprint density at radius 1 is 0.889 bits per heavy atom. The molecule has 4 heteroatoms. The molecule has 0 heterocycles. The van der Waals surface area contributed by atoms with Gasteiger partial charge in [-0.25, -0.2) is 4.79 Å². The first-order chi connectivity index (χ1) is 13.0. The van der Waals surface area contributed by atoms with E-state index in [-0.39, 0.29) is 11.3 Å². The lowest BCUT2D eigenvalue weighted by molar-refractivity contribution is 0.0731. The van der Waals surface area contributed by atoms with E-state index in [0.29, 0.717) is 11.7 Å². The number of carbonyl (C=O) groups is 2. The van der Waals surface area contributed by atoms with Crippen molar-refractivity contribution in [1.29, 1.82) is 0 Å². The van der Waals surface area contributed by atoms with Crippen molar-refractivity contribution < 1.29 is 19.4 Å². The Morgan fingerprint density at radius 3 is 2.04 bits per heavy atom. The van der Waals surface area contributed by atoms with Gasteiger partial charge in [0.2, 0.25) is 0 Å². The lowest BCUT2D eigenvalue weighted by Crippen LogP contribution is -2.08. The minimum absolute atomic E-state index is 0.0802. The second-order valence-corrected chi connectivity index (χ2v) is 6.16. The average Bonchev–Trinajstić information content (AvgIpc) is 2.69. The van der Waals surface area contributed by atoms with Crippen molar-refractivity contribution in [2.24, 2.45) is 0 Å². The van der Waals surface area contributed by atoms with Crippen molar-refractivity contribution in [3.8, 4) is 11.5 Å². The van der Waals surface area contributed by atoms with Crippen LogP contribution in [0.25, 0.3) is 0 Å². The van der Waals surface area contributed by atoms with Crippen LogP contribution >= 0.6 is 0 Å². The molecule has 0 saturated heterocycles. The normalized spacial score (nSPS) is 9.89. The molecular formula is C23H22O4. The number of aromatic hydroxyl groups is 1. The summed E-state index contributed by atoms with van der Waals surface area (Å²) in [5.74, 6) is 0.346. The summed E-state index contributed by atoms with van der Waals surface area (Å²) >= 11 is 0. The molecule has 0 spiro atoms. The molecule has 0 amide bonds. The zero-order valence-corrected chi connectivity index (χ0v) is 15.3. The predicted molar refractivity (Wildman–Crippen MR) is 105 cm³/mol. The number of ether oxygens (including phenoxy) is 1. The fourth-order valence-electron chi connectivity index (χ4n) is 2.26. The second-order valence-electron chi connectivity index (χ2n) is 6.16. The molecule has 0 saturated carbocycles. The number of aldehydes is 1. The summed E-state index contributed by atoms with van der Waals surface area (Å²) in [6.07, 6.45) is 0.865. The van der Waals surface area contributed by atoms with Crippen LogP contribution < -0.4 is 4.74 Å². The molecule has 3 rings (SSSR count). The summed E-state index contributed by atoms with van der Waals surface area (Å²) in [4.78, 5) is 21.9. The third kappa shape index (κ3) is 6.12. The van der Waals surface area contributed by atoms with Gasteiger partial charge in [0.05, 0.1) is 0 Å². The summed E-state index contributed by atoms with van der Waals surface area (Å²) in [7, 11) is 0. The van der Waals surface area contributed by atoms with Gasteiger partial charge in [-0.2, -0.15) is 0 Å². The quantitative estimate of drug-likeness (QED) is 0.392. The van der Waals surface area contributed by atoms with E-state index < -0.39 is 5.97 Å². The van der Waals surface area contributed by atoms with Crippen LogP contribution in [0.5, 0.6) is 11.5 Å². The molecule has 0 atom stereocenters. The molecule has 138 valence electrons. The maximum absolute atomic E-state index is 11.7. The van der Waals surface area contributed by atoms with Crippen LogP contribution in [0.3, 0.4) is 0 Å². The first kappa shape index (κ1) is 19.9. The molecule has 3 aromatic carbocycles. The molecule has 0 radical (unpaired) electrons. The van der Waals surface area contributed by atoms with E-state index in [1.165, 1.54) is 17.7 Å². The van der Waals surface area contributed by atoms with Crippen molar-refractivity contribution in [2.75, 3.05) is 0 Å². The third-order valence-electron chi connectivity index (χ3n) is 3.82. The fourth-order valence-corrected chi connectivity index (χ4v) is 2.26. The van der Waals surface area contributed by atoms with Gasteiger partial charge in [-0.1, -0.05) is 68.4 Å². The van der Waals surface area contributed by atoms with Crippen LogP contribution in [0.2, 0.25) is 0 Å². The van der Waals surface area contributed by atoms with Crippen LogP contribution in [0.4, 0.5) is 0 Å². The van der Waals surface area contributed by atoms with Crippen LogP contribution in [0.15, 0.2) is 78.9 Å². The number of phenolic OH excluding ortho intramolecular Hbond substituents is 1. The monoisotopic (exact) mass is 362 g/mol. The highest BCUT2D eigenvalue weighted by Crippen LogP contribution is 2.18. The average molecular weight is 362 g/mol. The van der Waals surface area contributed by atoms with E-state index in [1.54, 1.807) is 36.4 Å². The van der Waals surface area contributed by atoms with Crippen LogP contribution in [-0.2, 0) is 0 Å². The Kier molecular flexibility index (Phi) is 7.32. The number of rotatable bonds is 4. The minimum Gasteiger partial charge on any atom is -0.507 e. The number of hydrogen-bond donors (Lipinski definition) is 1. The Balaban J connectivity index is 0.000000208. The molecule has 0 aromatic heterocycles. The molecule has 3 aromatic rings. The van der Waals surface area contributed by atoms with Gasteiger partial charge in [0.15, 0.2) is 0 Å². The first-order valence-corrected chi connectivity index (χ1v) is 8.61. The zero-order valence-electron chi connectivity index (χ0n) is 15.3. The van der Waals surface area contributed by atoms with E-state index in [4.69, 9.17) is 4.74 Å².